The van der Waals surface area contributed by atoms with Crippen LogP contribution < -0.4 is 5.32 Å². The molecule has 1 spiro atoms. The molecule has 1 aliphatic heterocycles. The molecule has 1 aliphatic carbocycles. The summed E-state index contributed by atoms with van der Waals surface area (Å²) in [5.74, 6) is 0. The van der Waals surface area contributed by atoms with Crippen molar-refractivity contribution in [3.63, 3.8) is 0 Å². The smallest absolute Gasteiger partial charge is 0.0439 e. The van der Waals surface area contributed by atoms with E-state index in [-0.39, 0.29) is 0 Å². The number of fused-ring (bicyclic) bond motifs is 2. The van der Waals surface area contributed by atoms with Crippen LogP contribution in [0.25, 0.3) is 0 Å². The second-order valence-electron chi connectivity index (χ2n) is 4.71. The van der Waals surface area contributed by atoms with Crippen LogP contribution in [0.15, 0.2) is 18.2 Å². The number of aryl methyl sites for hydroxylation is 1. The molecule has 3 rings (SSSR count). The standard InChI is InChI=1S/C13H17N/c1-10-4-2-6-12-11(10)5-3-9-14-13(12)7-8-13/h2,4,6,14H,3,5,7-9H2,1H3. The fourth-order valence-corrected chi connectivity index (χ4v) is 2.74. The molecule has 1 heterocycles. The molecule has 0 bridgehead atoms. The molecule has 0 saturated heterocycles. The van der Waals surface area contributed by atoms with Crippen molar-refractivity contribution in [1.29, 1.82) is 0 Å². The topological polar surface area (TPSA) is 12.0 Å². The summed E-state index contributed by atoms with van der Waals surface area (Å²) in [6.45, 7) is 3.44. The molecule has 74 valence electrons. The first kappa shape index (κ1) is 8.49. The quantitative estimate of drug-likeness (QED) is 0.658. The van der Waals surface area contributed by atoms with E-state index >= 15 is 0 Å². The Morgan fingerprint density at radius 2 is 2.14 bits per heavy atom. The van der Waals surface area contributed by atoms with Crippen LogP contribution in [0.2, 0.25) is 0 Å². The Morgan fingerprint density at radius 3 is 2.93 bits per heavy atom. The highest BCUT2D eigenvalue weighted by Gasteiger charge is 2.45. The zero-order valence-electron chi connectivity index (χ0n) is 8.77. The fourth-order valence-electron chi connectivity index (χ4n) is 2.74. The van der Waals surface area contributed by atoms with Gasteiger partial charge in [-0.15, -0.1) is 0 Å². The average Bonchev–Trinajstić information content (AvgIpc) is 2.97. The molecular formula is C13H17N. The van der Waals surface area contributed by atoms with E-state index in [1.165, 1.54) is 37.8 Å². The Kier molecular flexibility index (Phi) is 1.72. The highest BCUT2D eigenvalue weighted by atomic mass is 15.0. The molecule has 0 atom stereocenters. The van der Waals surface area contributed by atoms with Gasteiger partial charge in [-0.2, -0.15) is 0 Å². The summed E-state index contributed by atoms with van der Waals surface area (Å²) in [4.78, 5) is 0. The van der Waals surface area contributed by atoms with E-state index in [0.29, 0.717) is 5.54 Å². The number of benzene rings is 1. The van der Waals surface area contributed by atoms with Gasteiger partial charge in [0.1, 0.15) is 0 Å². The molecule has 1 nitrogen and oxygen atoms in total. The first-order valence-electron chi connectivity index (χ1n) is 5.66. The van der Waals surface area contributed by atoms with Gasteiger partial charge in [0.25, 0.3) is 0 Å². The lowest BCUT2D eigenvalue weighted by molar-refractivity contribution is 0.529. The van der Waals surface area contributed by atoms with E-state index < -0.39 is 0 Å². The molecular weight excluding hydrogens is 170 g/mol. The minimum absolute atomic E-state index is 0.387. The van der Waals surface area contributed by atoms with Crippen molar-refractivity contribution >= 4 is 0 Å². The van der Waals surface area contributed by atoms with Crippen molar-refractivity contribution < 1.29 is 0 Å². The van der Waals surface area contributed by atoms with Crippen molar-refractivity contribution in [2.24, 2.45) is 0 Å². The molecule has 1 aromatic rings. The maximum absolute atomic E-state index is 3.72. The Bertz CT molecular complexity index is 363. The minimum atomic E-state index is 0.387. The normalized spacial score (nSPS) is 22.9. The third-order valence-corrected chi connectivity index (χ3v) is 3.74. The van der Waals surface area contributed by atoms with E-state index in [1.54, 1.807) is 11.1 Å². The first-order chi connectivity index (χ1) is 6.82. The number of hydrogen-bond acceptors (Lipinski definition) is 1. The second-order valence-corrected chi connectivity index (χ2v) is 4.71. The Morgan fingerprint density at radius 1 is 1.29 bits per heavy atom. The van der Waals surface area contributed by atoms with Crippen LogP contribution in [0.3, 0.4) is 0 Å². The van der Waals surface area contributed by atoms with Gasteiger partial charge < -0.3 is 5.32 Å². The Balaban J connectivity index is 2.16. The average molecular weight is 187 g/mol. The maximum atomic E-state index is 3.72. The van der Waals surface area contributed by atoms with Crippen LogP contribution in [0, 0.1) is 6.92 Å². The molecule has 1 heteroatoms. The van der Waals surface area contributed by atoms with Gasteiger partial charge in [0.05, 0.1) is 0 Å². The number of rotatable bonds is 0. The summed E-state index contributed by atoms with van der Waals surface area (Å²) >= 11 is 0. The van der Waals surface area contributed by atoms with Crippen LogP contribution in [0.1, 0.15) is 36.0 Å². The molecule has 14 heavy (non-hydrogen) atoms. The molecule has 0 unspecified atom stereocenters. The molecule has 0 amide bonds. The maximum Gasteiger partial charge on any atom is 0.0439 e. The van der Waals surface area contributed by atoms with E-state index in [9.17, 15) is 0 Å². The van der Waals surface area contributed by atoms with Gasteiger partial charge in [-0.3, -0.25) is 0 Å². The summed E-state index contributed by atoms with van der Waals surface area (Å²) in [5.41, 5.74) is 5.08. The zero-order valence-corrected chi connectivity index (χ0v) is 8.77. The summed E-state index contributed by atoms with van der Waals surface area (Å²) in [5, 5.41) is 3.72. The Labute approximate surface area is 85.5 Å². The lowest BCUT2D eigenvalue weighted by atomic mass is 9.93. The fraction of sp³-hybridized carbons (Fsp3) is 0.538. The molecule has 2 aliphatic rings. The van der Waals surface area contributed by atoms with Gasteiger partial charge in [-0.05, 0) is 55.8 Å². The predicted octanol–water partition coefficient (Wildman–Crippen LogP) is 2.52. The lowest BCUT2D eigenvalue weighted by Gasteiger charge is -2.18. The molecule has 1 aromatic carbocycles. The van der Waals surface area contributed by atoms with Crippen molar-refractivity contribution in [2.75, 3.05) is 6.54 Å². The molecule has 1 N–H and O–H groups in total. The highest BCUT2D eigenvalue weighted by Crippen LogP contribution is 2.48. The van der Waals surface area contributed by atoms with Crippen LogP contribution in [-0.2, 0) is 12.0 Å². The largest absolute Gasteiger partial charge is 0.307 e. The van der Waals surface area contributed by atoms with Gasteiger partial charge in [0.15, 0.2) is 0 Å². The van der Waals surface area contributed by atoms with Crippen LogP contribution in [0.5, 0.6) is 0 Å². The van der Waals surface area contributed by atoms with E-state index in [0.717, 1.165) is 0 Å². The summed E-state index contributed by atoms with van der Waals surface area (Å²) in [7, 11) is 0. The highest BCUT2D eigenvalue weighted by molar-refractivity contribution is 5.43. The molecule has 1 fully saturated rings. The van der Waals surface area contributed by atoms with Crippen molar-refractivity contribution in [3.8, 4) is 0 Å². The van der Waals surface area contributed by atoms with E-state index in [2.05, 4.69) is 30.4 Å². The summed E-state index contributed by atoms with van der Waals surface area (Å²) in [6.07, 6.45) is 5.23. The van der Waals surface area contributed by atoms with Gasteiger partial charge in [-0.1, -0.05) is 18.2 Å². The zero-order chi connectivity index (χ0) is 9.60. The van der Waals surface area contributed by atoms with Gasteiger partial charge >= 0.3 is 0 Å². The van der Waals surface area contributed by atoms with Gasteiger partial charge in [0.2, 0.25) is 0 Å². The van der Waals surface area contributed by atoms with Crippen molar-refractivity contribution in [2.45, 2.75) is 38.1 Å². The SMILES string of the molecule is Cc1cccc2c1CCCNC21CC1. The second kappa shape index (κ2) is 2.83. The Hall–Kier alpha value is -0.820. The number of hydrogen-bond donors (Lipinski definition) is 1. The van der Waals surface area contributed by atoms with Crippen molar-refractivity contribution in [1.82, 2.24) is 5.32 Å². The number of nitrogens with one attached hydrogen (secondary N) is 1. The van der Waals surface area contributed by atoms with E-state index in [1.807, 2.05) is 0 Å². The summed E-state index contributed by atoms with van der Waals surface area (Å²) in [6, 6.07) is 6.79. The van der Waals surface area contributed by atoms with Crippen molar-refractivity contribution in [3.05, 3.63) is 34.9 Å². The third-order valence-electron chi connectivity index (χ3n) is 3.74. The lowest BCUT2D eigenvalue weighted by Crippen LogP contribution is -2.28. The summed E-state index contributed by atoms with van der Waals surface area (Å²) < 4.78 is 0. The van der Waals surface area contributed by atoms with Gasteiger partial charge in [0, 0.05) is 5.54 Å². The first-order valence-corrected chi connectivity index (χ1v) is 5.66. The monoisotopic (exact) mass is 187 g/mol. The van der Waals surface area contributed by atoms with E-state index in [4.69, 9.17) is 0 Å². The van der Waals surface area contributed by atoms with Gasteiger partial charge in [-0.25, -0.2) is 0 Å². The minimum Gasteiger partial charge on any atom is -0.307 e. The molecule has 1 saturated carbocycles. The van der Waals surface area contributed by atoms with Crippen LogP contribution >= 0.6 is 0 Å². The predicted molar refractivity (Wildman–Crippen MR) is 58.4 cm³/mol. The molecule has 0 aromatic heterocycles. The molecule has 0 radical (unpaired) electrons. The van der Waals surface area contributed by atoms with Crippen LogP contribution in [0.4, 0.5) is 0 Å². The third kappa shape index (κ3) is 1.12. The van der Waals surface area contributed by atoms with Crippen LogP contribution in [-0.4, -0.2) is 6.54 Å².